The Hall–Kier alpha value is -2.47. The molecule has 0 spiro atoms. The standard InChI is InChI=1S/C18H21N5O/c1-21(2)11-12-22-15-6-4-10-20-17(15)23(13-7-8-13)16-14(18(22)24)5-3-9-19-16/h3-6,9-10,13H,7-8,11-12H2,1-2H3. The van der Waals surface area contributed by atoms with E-state index >= 15 is 0 Å². The van der Waals surface area contributed by atoms with Gasteiger partial charge in [0.2, 0.25) is 0 Å². The van der Waals surface area contributed by atoms with Crippen molar-refractivity contribution in [2.45, 2.75) is 18.9 Å². The van der Waals surface area contributed by atoms with Crippen molar-refractivity contribution in [1.82, 2.24) is 14.9 Å². The molecule has 2 aromatic rings. The first-order valence-corrected chi connectivity index (χ1v) is 8.32. The monoisotopic (exact) mass is 323 g/mol. The lowest BCUT2D eigenvalue weighted by Crippen LogP contribution is -2.36. The number of pyridine rings is 2. The predicted octanol–water partition coefficient (Wildman–Crippen LogP) is 2.30. The molecule has 0 radical (unpaired) electrons. The minimum Gasteiger partial charge on any atom is -0.308 e. The fourth-order valence-corrected chi connectivity index (χ4v) is 3.10. The van der Waals surface area contributed by atoms with E-state index in [1.807, 2.05) is 43.3 Å². The Bertz CT molecular complexity index is 772. The molecule has 24 heavy (non-hydrogen) atoms. The average molecular weight is 323 g/mol. The molecule has 6 nitrogen and oxygen atoms in total. The summed E-state index contributed by atoms with van der Waals surface area (Å²) < 4.78 is 0. The molecule has 1 saturated carbocycles. The van der Waals surface area contributed by atoms with Gasteiger partial charge in [-0.2, -0.15) is 0 Å². The fraction of sp³-hybridized carbons (Fsp3) is 0.389. The van der Waals surface area contributed by atoms with E-state index in [1.54, 1.807) is 12.4 Å². The molecule has 0 saturated heterocycles. The predicted molar refractivity (Wildman–Crippen MR) is 93.9 cm³/mol. The largest absolute Gasteiger partial charge is 0.308 e. The smallest absolute Gasteiger partial charge is 0.262 e. The molecule has 0 aromatic carbocycles. The highest BCUT2D eigenvalue weighted by Crippen LogP contribution is 2.44. The van der Waals surface area contributed by atoms with Gasteiger partial charge in [0, 0.05) is 31.5 Å². The van der Waals surface area contributed by atoms with Crippen LogP contribution in [0.15, 0.2) is 36.7 Å². The Labute approximate surface area is 141 Å². The molecule has 0 bridgehead atoms. The van der Waals surface area contributed by atoms with E-state index in [0.29, 0.717) is 18.2 Å². The van der Waals surface area contributed by atoms with Crippen LogP contribution in [0.4, 0.5) is 17.3 Å². The quantitative estimate of drug-likeness (QED) is 0.864. The topological polar surface area (TPSA) is 52.6 Å². The van der Waals surface area contributed by atoms with Gasteiger partial charge >= 0.3 is 0 Å². The zero-order valence-electron chi connectivity index (χ0n) is 14.0. The first-order chi connectivity index (χ1) is 11.7. The molecule has 4 rings (SSSR count). The van der Waals surface area contributed by atoms with Gasteiger partial charge in [-0.3, -0.25) is 4.79 Å². The van der Waals surface area contributed by atoms with Crippen LogP contribution in [0.5, 0.6) is 0 Å². The number of hydrogen-bond donors (Lipinski definition) is 0. The summed E-state index contributed by atoms with van der Waals surface area (Å²) in [4.78, 5) is 28.4. The van der Waals surface area contributed by atoms with Crippen molar-refractivity contribution in [3.8, 4) is 0 Å². The van der Waals surface area contributed by atoms with E-state index in [1.165, 1.54) is 0 Å². The minimum absolute atomic E-state index is 0.00245. The van der Waals surface area contributed by atoms with Crippen LogP contribution in [0.25, 0.3) is 0 Å². The van der Waals surface area contributed by atoms with Gasteiger partial charge in [0.25, 0.3) is 5.91 Å². The van der Waals surface area contributed by atoms with Gasteiger partial charge in [0.05, 0.1) is 11.3 Å². The third-order valence-corrected chi connectivity index (χ3v) is 4.46. The molecule has 1 fully saturated rings. The van der Waals surface area contributed by atoms with Crippen LogP contribution in [0.2, 0.25) is 0 Å². The first kappa shape index (κ1) is 15.1. The van der Waals surface area contributed by atoms with Crippen molar-refractivity contribution in [2.24, 2.45) is 0 Å². The summed E-state index contributed by atoms with van der Waals surface area (Å²) in [6.45, 7) is 1.41. The second-order valence-corrected chi connectivity index (χ2v) is 6.58. The first-order valence-electron chi connectivity index (χ1n) is 8.32. The van der Waals surface area contributed by atoms with Crippen LogP contribution in [-0.4, -0.2) is 54.0 Å². The number of carbonyl (C=O) groups excluding carboxylic acids is 1. The van der Waals surface area contributed by atoms with E-state index in [4.69, 9.17) is 0 Å². The molecule has 2 aromatic heterocycles. The molecule has 2 aliphatic rings. The van der Waals surface area contributed by atoms with Crippen molar-refractivity contribution in [3.05, 3.63) is 42.2 Å². The molecule has 0 N–H and O–H groups in total. The molecular formula is C18H21N5O. The number of fused-ring (bicyclic) bond motifs is 2. The van der Waals surface area contributed by atoms with Crippen molar-refractivity contribution in [1.29, 1.82) is 0 Å². The zero-order chi connectivity index (χ0) is 16.7. The van der Waals surface area contributed by atoms with Gasteiger partial charge in [-0.15, -0.1) is 0 Å². The number of hydrogen-bond acceptors (Lipinski definition) is 5. The highest BCUT2D eigenvalue weighted by Gasteiger charge is 2.39. The fourth-order valence-electron chi connectivity index (χ4n) is 3.10. The lowest BCUT2D eigenvalue weighted by molar-refractivity contribution is 0.0986. The maximum absolute atomic E-state index is 13.2. The maximum Gasteiger partial charge on any atom is 0.262 e. The van der Waals surface area contributed by atoms with Crippen molar-refractivity contribution < 1.29 is 4.79 Å². The number of likely N-dealkylation sites (N-methyl/N-ethyl adjacent to an activating group) is 1. The molecule has 1 aliphatic carbocycles. The number of nitrogens with zero attached hydrogens (tertiary/aromatic N) is 5. The summed E-state index contributed by atoms with van der Waals surface area (Å²) in [7, 11) is 4.02. The molecule has 0 unspecified atom stereocenters. The summed E-state index contributed by atoms with van der Waals surface area (Å²) in [5, 5.41) is 0. The van der Waals surface area contributed by atoms with Crippen LogP contribution < -0.4 is 9.80 Å². The normalized spacial score (nSPS) is 16.9. The van der Waals surface area contributed by atoms with E-state index < -0.39 is 0 Å². The van der Waals surface area contributed by atoms with Crippen molar-refractivity contribution in [2.75, 3.05) is 37.0 Å². The Morgan fingerprint density at radius 2 is 1.83 bits per heavy atom. The van der Waals surface area contributed by atoms with Gasteiger partial charge in [-0.05, 0) is 51.2 Å². The van der Waals surface area contributed by atoms with Crippen LogP contribution in [0.3, 0.4) is 0 Å². The SMILES string of the molecule is CN(C)CCN1C(=O)c2cccnc2N(C2CC2)c2ncccc21. The Kier molecular flexibility index (Phi) is 3.69. The van der Waals surface area contributed by atoms with Crippen molar-refractivity contribution >= 4 is 23.2 Å². The summed E-state index contributed by atoms with van der Waals surface area (Å²) in [5.74, 6) is 1.57. The van der Waals surface area contributed by atoms with Crippen molar-refractivity contribution in [3.63, 3.8) is 0 Å². The summed E-state index contributed by atoms with van der Waals surface area (Å²) >= 11 is 0. The molecule has 3 heterocycles. The van der Waals surface area contributed by atoms with E-state index in [2.05, 4.69) is 19.8 Å². The Balaban J connectivity index is 1.88. The second kappa shape index (κ2) is 5.87. The molecule has 0 atom stereocenters. The summed E-state index contributed by atoms with van der Waals surface area (Å²) in [6, 6.07) is 7.96. The van der Waals surface area contributed by atoms with Gasteiger partial charge in [0.15, 0.2) is 5.82 Å². The molecular weight excluding hydrogens is 302 g/mol. The Morgan fingerprint density at radius 1 is 1.12 bits per heavy atom. The van der Waals surface area contributed by atoms with Crippen LogP contribution in [0, 0.1) is 0 Å². The average Bonchev–Trinajstić information content (AvgIpc) is 3.41. The Morgan fingerprint density at radius 3 is 2.54 bits per heavy atom. The molecule has 1 amide bonds. The van der Waals surface area contributed by atoms with Gasteiger partial charge in [-0.1, -0.05) is 0 Å². The van der Waals surface area contributed by atoms with Crippen LogP contribution >= 0.6 is 0 Å². The maximum atomic E-state index is 13.2. The number of amides is 1. The summed E-state index contributed by atoms with van der Waals surface area (Å²) in [5.41, 5.74) is 1.52. The third-order valence-electron chi connectivity index (χ3n) is 4.46. The second-order valence-electron chi connectivity index (χ2n) is 6.58. The van der Waals surface area contributed by atoms with Gasteiger partial charge in [0.1, 0.15) is 5.82 Å². The van der Waals surface area contributed by atoms with Gasteiger partial charge < -0.3 is 14.7 Å². The third kappa shape index (κ3) is 2.53. The van der Waals surface area contributed by atoms with E-state index in [-0.39, 0.29) is 5.91 Å². The molecule has 124 valence electrons. The minimum atomic E-state index is -0.00245. The number of aromatic nitrogens is 2. The van der Waals surface area contributed by atoms with Crippen LogP contribution in [-0.2, 0) is 0 Å². The van der Waals surface area contributed by atoms with E-state index in [9.17, 15) is 4.79 Å². The van der Waals surface area contributed by atoms with Gasteiger partial charge in [-0.25, -0.2) is 9.97 Å². The zero-order valence-corrected chi connectivity index (χ0v) is 14.0. The highest BCUT2D eigenvalue weighted by molar-refractivity contribution is 6.13. The number of rotatable bonds is 4. The van der Waals surface area contributed by atoms with Crippen LogP contribution in [0.1, 0.15) is 23.2 Å². The number of carbonyl (C=O) groups is 1. The summed E-state index contributed by atoms with van der Waals surface area (Å²) in [6.07, 6.45) is 5.76. The molecule has 6 heteroatoms. The highest BCUT2D eigenvalue weighted by atomic mass is 16.2. The lowest BCUT2D eigenvalue weighted by Gasteiger charge is -2.26. The number of anilines is 3. The van der Waals surface area contributed by atoms with E-state index in [0.717, 1.165) is 36.7 Å². The lowest BCUT2D eigenvalue weighted by atomic mass is 10.2. The molecule has 1 aliphatic heterocycles.